The number of hydrogen-bond acceptors (Lipinski definition) is 4. The molecule has 188 valence electrons. The Hall–Kier alpha value is -3.12. The lowest BCUT2D eigenvalue weighted by Crippen LogP contribution is -2.26. The zero-order valence-electron chi connectivity index (χ0n) is 20.5. The predicted octanol–water partition coefficient (Wildman–Crippen LogP) is 7.06. The molecule has 1 saturated heterocycles. The van der Waals surface area contributed by atoms with Crippen molar-refractivity contribution in [1.29, 1.82) is 5.41 Å². The minimum atomic E-state index is -0.513. The number of allylic oxidation sites excluding steroid dienone is 1. The molecule has 1 aliphatic heterocycles. The van der Waals surface area contributed by atoms with E-state index in [0.717, 1.165) is 31.1 Å². The van der Waals surface area contributed by atoms with Crippen LogP contribution in [0, 0.1) is 23.0 Å². The summed E-state index contributed by atoms with van der Waals surface area (Å²) in [4.78, 5) is 4.84. The van der Waals surface area contributed by atoms with Crippen molar-refractivity contribution in [3.63, 3.8) is 0 Å². The van der Waals surface area contributed by atoms with Gasteiger partial charge in [-0.1, -0.05) is 43.5 Å². The van der Waals surface area contributed by atoms with E-state index in [1.807, 2.05) is 36.5 Å². The third kappa shape index (κ3) is 5.49. The van der Waals surface area contributed by atoms with Gasteiger partial charge in [0.15, 0.2) is 0 Å². The minimum absolute atomic E-state index is 0.155. The fourth-order valence-electron chi connectivity index (χ4n) is 5.40. The molecule has 2 fully saturated rings. The van der Waals surface area contributed by atoms with Gasteiger partial charge in [-0.05, 0) is 61.8 Å². The Morgan fingerprint density at radius 3 is 2.47 bits per heavy atom. The molecule has 2 aliphatic rings. The zero-order valence-corrected chi connectivity index (χ0v) is 20.5. The van der Waals surface area contributed by atoms with Crippen LogP contribution in [0.25, 0.3) is 27.6 Å². The van der Waals surface area contributed by atoms with E-state index in [1.54, 1.807) is 0 Å². The number of nitrogens with one attached hydrogen (secondary N) is 2. The van der Waals surface area contributed by atoms with Gasteiger partial charge in [0.1, 0.15) is 11.6 Å². The molecule has 5 rings (SSSR count). The van der Waals surface area contributed by atoms with Gasteiger partial charge in [-0.25, -0.2) is 13.8 Å². The van der Waals surface area contributed by atoms with Crippen LogP contribution < -0.4 is 5.32 Å². The molecule has 6 heteroatoms. The zero-order chi connectivity index (χ0) is 24.9. The summed E-state index contributed by atoms with van der Waals surface area (Å²) in [6.45, 7) is 1.30. The quantitative estimate of drug-likeness (QED) is 0.349. The lowest BCUT2D eigenvalue weighted by Gasteiger charge is -2.22. The first-order chi connectivity index (χ1) is 17.6. The average Bonchev–Trinajstić information content (AvgIpc) is 2.92. The van der Waals surface area contributed by atoms with E-state index in [0.29, 0.717) is 53.6 Å². The molecular weight excluding hydrogens is 456 g/mol. The van der Waals surface area contributed by atoms with E-state index in [2.05, 4.69) is 5.32 Å². The van der Waals surface area contributed by atoms with Gasteiger partial charge in [-0.2, -0.15) is 0 Å². The lowest BCUT2D eigenvalue weighted by molar-refractivity contribution is 0.0660. The highest BCUT2D eigenvalue weighted by atomic mass is 19.1. The van der Waals surface area contributed by atoms with Crippen molar-refractivity contribution in [3.8, 4) is 11.1 Å². The normalized spacial score (nSPS) is 17.9. The Balaban J connectivity index is 1.46. The van der Waals surface area contributed by atoms with Crippen molar-refractivity contribution < 1.29 is 13.5 Å². The van der Waals surface area contributed by atoms with Crippen molar-refractivity contribution in [2.75, 3.05) is 13.2 Å². The van der Waals surface area contributed by atoms with Gasteiger partial charge in [0.2, 0.25) is 0 Å². The number of benzene rings is 2. The molecule has 4 nitrogen and oxygen atoms in total. The molecule has 2 aromatic carbocycles. The van der Waals surface area contributed by atoms with Crippen LogP contribution in [0.5, 0.6) is 0 Å². The summed E-state index contributed by atoms with van der Waals surface area (Å²) in [6, 6.07) is 12.8. The highest BCUT2D eigenvalue weighted by Crippen LogP contribution is 2.32. The molecule has 2 heterocycles. The maximum absolute atomic E-state index is 15.2. The van der Waals surface area contributed by atoms with Crippen LogP contribution in [-0.4, -0.2) is 30.5 Å². The van der Waals surface area contributed by atoms with Gasteiger partial charge in [0, 0.05) is 53.8 Å². The molecule has 0 atom stereocenters. The minimum Gasteiger partial charge on any atom is -0.388 e. The molecule has 0 spiro atoms. The summed E-state index contributed by atoms with van der Waals surface area (Å²) in [5, 5.41) is 12.3. The molecule has 36 heavy (non-hydrogen) atoms. The first-order valence-electron chi connectivity index (χ1n) is 13.1. The van der Waals surface area contributed by atoms with E-state index < -0.39 is 11.6 Å². The second-order valence-electron chi connectivity index (χ2n) is 10.00. The summed E-state index contributed by atoms with van der Waals surface area (Å²) in [5.41, 5.74) is 3.30. The van der Waals surface area contributed by atoms with E-state index in [4.69, 9.17) is 15.1 Å². The van der Waals surface area contributed by atoms with Crippen LogP contribution in [0.4, 0.5) is 8.78 Å². The topological polar surface area (TPSA) is 58.0 Å². The lowest BCUT2D eigenvalue weighted by atomic mass is 9.90. The number of fused-ring (bicyclic) bond motifs is 1. The van der Waals surface area contributed by atoms with E-state index in [1.165, 1.54) is 37.6 Å². The molecule has 1 aromatic heterocycles. The Morgan fingerprint density at radius 2 is 1.75 bits per heavy atom. The first kappa shape index (κ1) is 24.6. The average molecular weight is 490 g/mol. The third-order valence-corrected chi connectivity index (χ3v) is 7.54. The van der Waals surface area contributed by atoms with Crippen molar-refractivity contribution in [1.82, 2.24) is 10.3 Å². The van der Waals surface area contributed by atoms with Gasteiger partial charge in [0.05, 0.1) is 11.2 Å². The van der Waals surface area contributed by atoms with Crippen LogP contribution in [0.1, 0.15) is 56.2 Å². The fourth-order valence-corrected chi connectivity index (χ4v) is 5.40. The van der Waals surface area contributed by atoms with Gasteiger partial charge >= 0.3 is 0 Å². The van der Waals surface area contributed by atoms with Crippen molar-refractivity contribution in [2.24, 2.45) is 5.92 Å². The number of nitrogens with zero attached hydrogens (tertiary/aromatic N) is 1. The molecule has 1 aliphatic carbocycles. The van der Waals surface area contributed by atoms with E-state index >= 15 is 8.78 Å². The van der Waals surface area contributed by atoms with Gasteiger partial charge in [-0.3, -0.25) is 0 Å². The summed E-state index contributed by atoms with van der Waals surface area (Å²) < 4.78 is 35.7. The highest BCUT2D eigenvalue weighted by Gasteiger charge is 2.21. The predicted molar refractivity (Wildman–Crippen MR) is 141 cm³/mol. The summed E-state index contributed by atoms with van der Waals surface area (Å²) in [6.07, 6.45) is 11.2. The SMILES string of the molecule is N=C/C(=C\NC1CCCCC1)c1ccc2cccc(-c3cc(F)c(CC4CCOCC4)c(F)c3)c2n1. The first-order valence-corrected chi connectivity index (χ1v) is 13.1. The molecule has 1 saturated carbocycles. The van der Waals surface area contributed by atoms with Crippen LogP contribution >= 0.6 is 0 Å². The second-order valence-corrected chi connectivity index (χ2v) is 10.00. The number of ether oxygens (including phenoxy) is 1. The molecule has 0 bridgehead atoms. The molecule has 2 N–H and O–H groups in total. The van der Waals surface area contributed by atoms with Crippen molar-refractivity contribution in [2.45, 2.75) is 57.4 Å². The van der Waals surface area contributed by atoms with Crippen LogP contribution in [0.2, 0.25) is 0 Å². The molecule has 0 amide bonds. The summed E-state index contributed by atoms with van der Waals surface area (Å²) in [7, 11) is 0. The molecule has 0 unspecified atom stereocenters. The Kier molecular flexibility index (Phi) is 7.71. The Morgan fingerprint density at radius 1 is 1.00 bits per heavy atom. The standard InChI is InChI=1S/C30H33F2N3O/c31-27-16-22(17-28(32)26(27)15-20-11-13-36-14-12-20)25-8-4-5-21-9-10-29(35-30(21)25)23(18-33)19-34-24-6-2-1-3-7-24/h4-5,8-10,16-20,24,33-34H,1-3,6-7,11-15H2/b23-19+,33-18?. The highest BCUT2D eigenvalue weighted by molar-refractivity contribution is 6.08. The molecule has 3 aromatic rings. The molecule has 0 radical (unpaired) electrons. The number of para-hydroxylation sites is 1. The maximum atomic E-state index is 15.2. The summed E-state index contributed by atoms with van der Waals surface area (Å²) in [5.74, 6) is -0.785. The smallest absolute Gasteiger partial charge is 0.129 e. The number of pyridine rings is 1. The van der Waals surface area contributed by atoms with Crippen molar-refractivity contribution >= 4 is 22.7 Å². The van der Waals surface area contributed by atoms with Crippen LogP contribution in [0.15, 0.2) is 48.7 Å². The van der Waals surface area contributed by atoms with Crippen LogP contribution in [0.3, 0.4) is 0 Å². The number of halogens is 2. The van der Waals surface area contributed by atoms with Gasteiger partial charge in [0.25, 0.3) is 0 Å². The van der Waals surface area contributed by atoms with Crippen molar-refractivity contribution in [3.05, 3.63) is 71.6 Å². The fraction of sp³-hybridized carbons (Fsp3) is 0.400. The van der Waals surface area contributed by atoms with Crippen LogP contribution in [-0.2, 0) is 11.2 Å². The number of rotatable bonds is 7. The third-order valence-electron chi connectivity index (χ3n) is 7.54. The Bertz CT molecular complexity index is 1240. The largest absolute Gasteiger partial charge is 0.388 e. The van der Waals surface area contributed by atoms with Gasteiger partial charge < -0.3 is 15.5 Å². The monoisotopic (exact) mass is 489 g/mol. The number of hydrogen-bond donors (Lipinski definition) is 2. The maximum Gasteiger partial charge on any atom is 0.129 e. The van der Waals surface area contributed by atoms with E-state index in [9.17, 15) is 0 Å². The van der Waals surface area contributed by atoms with Gasteiger partial charge in [-0.15, -0.1) is 0 Å². The van der Waals surface area contributed by atoms with E-state index in [-0.39, 0.29) is 11.5 Å². The second kappa shape index (κ2) is 11.3. The number of aromatic nitrogens is 1. The summed E-state index contributed by atoms with van der Waals surface area (Å²) >= 11 is 0. The Labute approximate surface area is 211 Å². The molecular formula is C30H33F2N3O.